The highest BCUT2D eigenvalue weighted by Gasteiger charge is 2.24. The maximum Gasteiger partial charge on any atom is 0.128 e. The molecule has 0 aliphatic carbocycles. The Morgan fingerprint density at radius 3 is 2.65 bits per heavy atom. The molecule has 1 aliphatic heterocycles. The van der Waals surface area contributed by atoms with Crippen molar-refractivity contribution in [3.8, 4) is 5.75 Å². The quantitative estimate of drug-likeness (QED) is 0.753. The van der Waals surface area contributed by atoms with Crippen LogP contribution in [0.25, 0.3) is 0 Å². The minimum absolute atomic E-state index is 0.526. The maximum atomic E-state index is 10.7. The number of rotatable bonds is 2. The Hall–Kier alpha value is -0.550. The lowest BCUT2D eigenvalue weighted by molar-refractivity contribution is 0.213. The molecule has 0 bridgehead atoms. The first kappa shape index (κ1) is 14.4. The Morgan fingerprint density at radius 1 is 1.10 bits per heavy atom. The van der Waals surface area contributed by atoms with Gasteiger partial charge in [0.25, 0.3) is 0 Å². The van der Waals surface area contributed by atoms with Gasteiger partial charge in [-0.15, -0.1) is 0 Å². The van der Waals surface area contributed by atoms with Gasteiger partial charge in [-0.2, -0.15) is 0 Å². The zero-order valence-corrected chi connectivity index (χ0v) is 14.3. The molecule has 1 atom stereocenters. The Bertz CT molecular complexity index is 673. The number of aliphatic hydroxyl groups excluding tert-OH is 1. The van der Waals surface area contributed by atoms with Crippen LogP contribution in [-0.2, 0) is 6.42 Å². The van der Waals surface area contributed by atoms with E-state index < -0.39 is 6.10 Å². The normalized spacial score (nSPS) is 14.8. The van der Waals surface area contributed by atoms with Crippen molar-refractivity contribution in [3.63, 3.8) is 0 Å². The second-order valence-corrected chi connectivity index (χ2v) is 6.89. The van der Waals surface area contributed by atoms with E-state index in [2.05, 4.69) is 31.9 Å². The van der Waals surface area contributed by atoms with Crippen molar-refractivity contribution in [1.29, 1.82) is 0 Å². The molecule has 0 spiro atoms. The molecule has 104 valence electrons. The Balaban J connectivity index is 2.09. The predicted octanol–water partition coefficient (Wildman–Crippen LogP) is 4.88. The molecule has 0 saturated carbocycles. The van der Waals surface area contributed by atoms with E-state index in [1.165, 1.54) is 0 Å². The summed E-state index contributed by atoms with van der Waals surface area (Å²) in [5.41, 5.74) is 2.53. The van der Waals surface area contributed by atoms with Crippen LogP contribution >= 0.6 is 43.5 Å². The van der Waals surface area contributed by atoms with Crippen molar-refractivity contribution >= 4 is 43.5 Å². The van der Waals surface area contributed by atoms with Gasteiger partial charge in [0.05, 0.1) is 6.61 Å². The van der Waals surface area contributed by atoms with Crippen molar-refractivity contribution in [2.24, 2.45) is 0 Å². The summed E-state index contributed by atoms with van der Waals surface area (Å²) in [7, 11) is 0. The summed E-state index contributed by atoms with van der Waals surface area (Å²) in [5, 5.41) is 11.2. The summed E-state index contributed by atoms with van der Waals surface area (Å²) in [6.07, 6.45) is 0.0581. The number of benzene rings is 2. The maximum absolute atomic E-state index is 10.7. The fourth-order valence-electron chi connectivity index (χ4n) is 2.39. The number of ether oxygens (including phenoxy) is 1. The third kappa shape index (κ3) is 2.62. The number of fused-ring (bicyclic) bond motifs is 1. The van der Waals surface area contributed by atoms with Gasteiger partial charge in [-0.1, -0.05) is 49.5 Å². The van der Waals surface area contributed by atoms with Crippen LogP contribution in [0.15, 0.2) is 39.3 Å². The lowest BCUT2D eigenvalue weighted by Gasteiger charge is -2.17. The van der Waals surface area contributed by atoms with Crippen molar-refractivity contribution in [3.05, 3.63) is 61.0 Å². The highest BCUT2D eigenvalue weighted by atomic mass is 79.9. The standard InChI is InChI=1S/C15H11Br2ClO2/c16-9-1-2-11(13(18)7-9)14(19)12-6-10(17)5-8-3-4-20-15(8)12/h1-2,5-7,14,19H,3-4H2. The molecular formula is C15H11Br2ClO2. The van der Waals surface area contributed by atoms with Crippen molar-refractivity contribution in [2.75, 3.05) is 6.61 Å². The van der Waals surface area contributed by atoms with E-state index >= 15 is 0 Å². The molecule has 0 saturated heterocycles. The van der Waals surface area contributed by atoms with Crippen LogP contribution in [0.4, 0.5) is 0 Å². The molecule has 1 N–H and O–H groups in total. The van der Waals surface area contributed by atoms with Crippen LogP contribution in [0.3, 0.4) is 0 Å². The summed E-state index contributed by atoms with van der Waals surface area (Å²) in [5.74, 6) is 0.777. The Labute approximate surface area is 139 Å². The molecule has 0 fully saturated rings. The second-order valence-electron chi connectivity index (χ2n) is 4.65. The molecule has 0 amide bonds. The monoisotopic (exact) mass is 416 g/mol. The summed E-state index contributed by atoms with van der Waals surface area (Å²) in [6.45, 7) is 0.652. The Kier molecular flexibility index (Phi) is 4.09. The summed E-state index contributed by atoms with van der Waals surface area (Å²) in [6, 6.07) is 9.37. The van der Waals surface area contributed by atoms with Crippen LogP contribution in [0.2, 0.25) is 5.02 Å². The van der Waals surface area contributed by atoms with E-state index in [-0.39, 0.29) is 0 Å². The minimum atomic E-state index is -0.806. The van der Waals surface area contributed by atoms with Crippen LogP contribution in [0.5, 0.6) is 5.75 Å². The zero-order valence-electron chi connectivity index (χ0n) is 10.4. The number of hydrogen-bond acceptors (Lipinski definition) is 2. The first-order valence-corrected chi connectivity index (χ1v) is 8.11. The lowest BCUT2D eigenvalue weighted by Crippen LogP contribution is -2.03. The summed E-state index contributed by atoms with van der Waals surface area (Å²) >= 11 is 13.1. The van der Waals surface area contributed by atoms with E-state index in [1.807, 2.05) is 24.3 Å². The molecule has 1 aliphatic rings. The number of aliphatic hydroxyl groups is 1. The molecule has 0 radical (unpaired) electrons. The van der Waals surface area contributed by atoms with Gasteiger partial charge in [0.2, 0.25) is 0 Å². The molecule has 2 aromatic carbocycles. The van der Waals surface area contributed by atoms with E-state index in [9.17, 15) is 5.11 Å². The van der Waals surface area contributed by atoms with Crippen molar-refractivity contribution in [2.45, 2.75) is 12.5 Å². The minimum Gasteiger partial charge on any atom is -0.493 e. The Morgan fingerprint density at radius 2 is 1.90 bits per heavy atom. The van der Waals surface area contributed by atoms with Gasteiger partial charge in [-0.25, -0.2) is 0 Å². The molecular weight excluding hydrogens is 407 g/mol. The fourth-order valence-corrected chi connectivity index (χ4v) is 3.69. The highest BCUT2D eigenvalue weighted by molar-refractivity contribution is 9.10. The molecule has 1 unspecified atom stereocenters. The molecule has 1 heterocycles. The fraction of sp³-hybridized carbons (Fsp3) is 0.200. The first-order chi connectivity index (χ1) is 9.56. The van der Waals surface area contributed by atoms with Gasteiger partial charge >= 0.3 is 0 Å². The van der Waals surface area contributed by atoms with E-state index in [4.69, 9.17) is 16.3 Å². The van der Waals surface area contributed by atoms with Crippen LogP contribution in [-0.4, -0.2) is 11.7 Å². The van der Waals surface area contributed by atoms with Crippen molar-refractivity contribution in [1.82, 2.24) is 0 Å². The molecule has 2 nitrogen and oxygen atoms in total. The average molecular weight is 419 g/mol. The first-order valence-electron chi connectivity index (χ1n) is 6.14. The second kappa shape index (κ2) is 5.68. The largest absolute Gasteiger partial charge is 0.493 e. The smallest absolute Gasteiger partial charge is 0.128 e. The van der Waals surface area contributed by atoms with E-state index in [0.717, 1.165) is 32.2 Å². The van der Waals surface area contributed by atoms with E-state index in [0.29, 0.717) is 17.2 Å². The number of hydrogen-bond donors (Lipinski definition) is 1. The molecule has 5 heteroatoms. The highest BCUT2D eigenvalue weighted by Crippen LogP contribution is 2.40. The SMILES string of the molecule is OC(c1ccc(Br)cc1Cl)c1cc(Br)cc2c1OCC2. The molecule has 0 aromatic heterocycles. The summed E-state index contributed by atoms with van der Waals surface area (Å²) < 4.78 is 7.48. The lowest BCUT2D eigenvalue weighted by atomic mass is 9.98. The average Bonchev–Trinajstić information content (AvgIpc) is 2.85. The van der Waals surface area contributed by atoms with Crippen LogP contribution in [0, 0.1) is 0 Å². The van der Waals surface area contributed by atoms with Gasteiger partial charge in [-0.3, -0.25) is 0 Å². The van der Waals surface area contributed by atoms with Crippen LogP contribution in [0.1, 0.15) is 22.8 Å². The van der Waals surface area contributed by atoms with Gasteiger partial charge in [-0.05, 0) is 29.8 Å². The molecule has 2 aromatic rings. The van der Waals surface area contributed by atoms with E-state index in [1.54, 1.807) is 6.07 Å². The third-order valence-corrected chi connectivity index (χ3v) is 4.61. The summed E-state index contributed by atoms with van der Waals surface area (Å²) in [4.78, 5) is 0. The third-order valence-electron chi connectivity index (χ3n) is 3.33. The zero-order chi connectivity index (χ0) is 14.3. The molecule has 20 heavy (non-hydrogen) atoms. The topological polar surface area (TPSA) is 29.5 Å². The van der Waals surface area contributed by atoms with Gasteiger partial charge in [0.1, 0.15) is 11.9 Å². The van der Waals surface area contributed by atoms with Gasteiger partial charge in [0.15, 0.2) is 0 Å². The predicted molar refractivity (Wildman–Crippen MR) is 86.6 cm³/mol. The molecule has 3 rings (SSSR count). The van der Waals surface area contributed by atoms with Crippen LogP contribution < -0.4 is 4.74 Å². The van der Waals surface area contributed by atoms with Crippen molar-refractivity contribution < 1.29 is 9.84 Å². The van der Waals surface area contributed by atoms with Gasteiger partial charge in [0, 0.05) is 31.5 Å². The number of halogens is 3. The van der Waals surface area contributed by atoms with Gasteiger partial charge < -0.3 is 9.84 Å².